The summed E-state index contributed by atoms with van der Waals surface area (Å²) in [5.74, 6) is 0.161. The van der Waals surface area contributed by atoms with Crippen LogP contribution in [-0.2, 0) is 14.8 Å². The zero-order valence-corrected chi connectivity index (χ0v) is 16.3. The first kappa shape index (κ1) is 22.6. The van der Waals surface area contributed by atoms with Gasteiger partial charge < -0.3 is 11.1 Å². The first-order valence-electron chi connectivity index (χ1n) is 8.16. The van der Waals surface area contributed by atoms with Crippen LogP contribution in [0.15, 0.2) is 0 Å². The van der Waals surface area contributed by atoms with Crippen LogP contribution in [0.25, 0.3) is 0 Å². The fraction of sp³-hybridized carbons (Fsp3) is 0.933. The number of carbonyl (C=O) groups is 1. The summed E-state index contributed by atoms with van der Waals surface area (Å²) < 4.78 is 25.9. The number of rotatable bonds is 7. The first-order valence-corrected chi connectivity index (χ1v) is 9.77. The number of sulfonamides is 1. The van der Waals surface area contributed by atoms with Gasteiger partial charge in [0.25, 0.3) is 0 Å². The van der Waals surface area contributed by atoms with Gasteiger partial charge in [-0.05, 0) is 32.1 Å². The number of hydrogen-bond acceptors (Lipinski definition) is 4. The minimum atomic E-state index is -3.18. The van der Waals surface area contributed by atoms with Crippen molar-refractivity contribution in [3.05, 3.63) is 0 Å². The minimum absolute atomic E-state index is 0. The van der Waals surface area contributed by atoms with Gasteiger partial charge in [0.15, 0.2) is 0 Å². The van der Waals surface area contributed by atoms with Crippen LogP contribution >= 0.6 is 12.4 Å². The van der Waals surface area contributed by atoms with Crippen LogP contribution in [0.4, 0.5) is 0 Å². The number of nitrogens with one attached hydrogen (secondary N) is 1. The molecule has 23 heavy (non-hydrogen) atoms. The monoisotopic (exact) mass is 369 g/mol. The van der Waals surface area contributed by atoms with Crippen molar-refractivity contribution >= 4 is 28.3 Å². The molecule has 0 bridgehead atoms. The van der Waals surface area contributed by atoms with Crippen LogP contribution in [0.1, 0.15) is 53.4 Å². The molecule has 0 radical (unpaired) electrons. The minimum Gasteiger partial charge on any atom is -0.352 e. The molecule has 6 nitrogen and oxygen atoms in total. The Morgan fingerprint density at radius 1 is 1.35 bits per heavy atom. The van der Waals surface area contributed by atoms with Crippen LogP contribution < -0.4 is 11.1 Å². The lowest BCUT2D eigenvalue weighted by Crippen LogP contribution is -2.56. The highest BCUT2D eigenvalue weighted by Gasteiger charge is 2.32. The molecule has 0 aromatic heterocycles. The van der Waals surface area contributed by atoms with Crippen molar-refractivity contribution in [1.82, 2.24) is 9.62 Å². The maximum atomic E-state index is 12.2. The summed E-state index contributed by atoms with van der Waals surface area (Å²) in [6, 6.07) is 0.0118. The van der Waals surface area contributed by atoms with E-state index < -0.39 is 15.6 Å². The van der Waals surface area contributed by atoms with Crippen LogP contribution in [0, 0.1) is 5.92 Å². The first-order chi connectivity index (χ1) is 10.1. The number of piperidine rings is 1. The van der Waals surface area contributed by atoms with Gasteiger partial charge in [-0.25, -0.2) is 12.7 Å². The van der Waals surface area contributed by atoms with Gasteiger partial charge in [-0.2, -0.15) is 0 Å². The third-order valence-corrected chi connectivity index (χ3v) is 6.25. The molecule has 1 saturated heterocycles. The molecule has 1 amide bonds. The molecule has 1 atom stereocenters. The van der Waals surface area contributed by atoms with E-state index in [-0.39, 0.29) is 36.0 Å². The Bertz CT molecular complexity index is 472. The highest BCUT2D eigenvalue weighted by Crippen LogP contribution is 2.17. The molecule has 1 rings (SSSR count). The number of halogens is 1. The maximum absolute atomic E-state index is 12.2. The van der Waals surface area contributed by atoms with Crippen LogP contribution in [-0.4, -0.2) is 49.1 Å². The van der Waals surface area contributed by atoms with Crippen molar-refractivity contribution < 1.29 is 13.2 Å². The zero-order chi connectivity index (χ0) is 17.0. The van der Waals surface area contributed by atoms with Crippen LogP contribution in [0.3, 0.4) is 0 Å². The molecule has 1 heterocycles. The second kappa shape index (κ2) is 9.20. The van der Waals surface area contributed by atoms with E-state index >= 15 is 0 Å². The second-order valence-corrected chi connectivity index (χ2v) is 9.00. The lowest BCUT2D eigenvalue weighted by Gasteiger charge is -2.34. The molecule has 1 aliphatic rings. The largest absolute Gasteiger partial charge is 0.352 e. The third kappa shape index (κ3) is 6.95. The fourth-order valence-corrected chi connectivity index (χ4v) is 4.61. The van der Waals surface area contributed by atoms with Crippen molar-refractivity contribution in [3.8, 4) is 0 Å². The fourth-order valence-electron chi connectivity index (χ4n) is 2.79. The van der Waals surface area contributed by atoms with Crippen LogP contribution in [0.5, 0.6) is 0 Å². The van der Waals surface area contributed by atoms with E-state index in [1.54, 1.807) is 11.2 Å². The second-order valence-electron chi connectivity index (χ2n) is 6.99. The smallest absolute Gasteiger partial charge is 0.240 e. The summed E-state index contributed by atoms with van der Waals surface area (Å²) in [4.78, 5) is 12.2. The maximum Gasteiger partial charge on any atom is 0.240 e. The molecule has 0 aromatic rings. The lowest BCUT2D eigenvalue weighted by atomic mass is 9.95. The van der Waals surface area contributed by atoms with E-state index in [1.807, 2.05) is 20.8 Å². The predicted molar refractivity (Wildman–Crippen MR) is 96.1 cm³/mol. The summed E-state index contributed by atoms with van der Waals surface area (Å²) >= 11 is 0. The molecule has 1 unspecified atom stereocenters. The Hall–Kier alpha value is -0.370. The van der Waals surface area contributed by atoms with Gasteiger partial charge in [-0.3, -0.25) is 4.79 Å². The van der Waals surface area contributed by atoms with Crippen LogP contribution in [0.2, 0.25) is 0 Å². The Morgan fingerprint density at radius 3 is 2.30 bits per heavy atom. The molecule has 0 aliphatic carbocycles. The predicted octanol–water partition coefficient (Wildman–Crippen LogP) is 1.49. The van der Waals surface area contributed by atoms with Gasteiger partial charge in [0.2, 0.25) is 15.9 Å². The van der Waals surface area contributed by atoms with E-state index in [4.69, 9.17) is 5.73 Å². The highest BCUT2D eigenvalue weighted by atomic mass is 35.5. The molecule has 1 aliphatic heterocycles. The summed E-state index contributed by atoms with van der Waals surface area (Å²) in [7, 11) is -3.18. The van der Waals surface area contributed by atoms with Gasteiger partial charge >= 0.3 is 0 Å². The Labute approximate surface area is 147 Å². The molecule has 138 valence electrons. The number of carbonyl (C=O) groups excluding carboxylic acids is 1. The number of amides is 1. The zero-order valence-electron chi connectivity index (χ0n) is 14.7. The molecule has 1 fully saturated rings. The average Bonchev–Trinajstić information content (AvgIpc) is 2.37. The van der Waals surface area contributed by atoms with Crippen molar-refractivity contribution in [2.75, 3.05) is 18.8 Å². The SMILES string of the molecule is CCCC(C)(N)C(=O)NC1CCN(S(=O)(=O)CC(C)C)CC1.Cl. The third-order valence-electron chi connectivity index (χ3n) is 4.01. The average molecular weight is 370 g/mol. The number of nitrogens with two attached hydrogens (primary N) is 1. The quantitative estimate of drug-likeness (QED) is 0.711. The molecule has 0 saturated carbocycles. The van der Waals surface area contributed by atoms with E-state index in [9.17, 15) is 13.2 Å². The van der Waals surface area contributed by atoms with Crippen molar-refractivity contribution in [2.45, 2.75) is 65.0 Å². The molecule has 3 N–H and O–H groups in total. The summed E-state index contributed by atoms with van der Waals surface area (Å²) in [5.41, 5.74) is 5.17. The van der Waals surface area contributed by atoms with E-state index in [1.165, 1.54) is 0 Å². The molecular weight excluding hydrogens is 338 g/mol. The van der Waals surface area contributed by atoms with Gasteiger partial charge in [-0.1, -0.05) is 27.2 Å². The standard InChI is InChI=1S/C15H31N3O3S.ClH/c1-5-8-15(4,16)14(19)17-13-6-9-18(10-7-13)22(20,21)11-12(2)3;/h12-13H,5-11,16H2,1-4H3,(H,17,19);1H. The van der Waals surface area contributed by atoms with Crippen molar-refractivity contribution in [1.29, 1.82) is 0 Å². The summed E-state index contributed by atoms with van der Waals surface area (Å²) in [6.45, 7) is 8.48. The highest BCUT2D eigenvalue weighted by molar-refractivity contribution is 7.89. The summed E-state index contributed by atoms with van der Waals surface area (Å²) in [5, 5.41) is 2.97. The Morgan fingerprint density at radius 2 is 1.87 bits per heavy atom. The van der Waals surface area contributed by atoms with Gasteiger partial charge in [0.1, 0.15) is 0 Å². The topological polar surface area (TPSA) is 92.5 Å². The number of hydrogen-bond donors (Lipinski definition) is 2. The van der Waals surface area contributed by atoms with Crippen molar-refractivity contribution in [3.63, 3.8) is 0 Å². The molecular formula is C15H32ClN3O3S. The van der Waals surface area contributed by atoms with Gasteiger partial charge in [0.05, 0.1) is 11.3 Å². The van der Waals surface area contributed by atoms with Crippen molar-refractivity contribution in [2.24, 2.45) is 11.7 Å². The summed E-state index contributed by atoms with van der Waals surface area (Å²) in [6.07, 6.45) is 2.78. The molecule has 8 heteroatoms. The van der Waals surface area contributed by atoms with E-state index in [2.05, 4.69) is 5.32 Å². The van der Waals surface area contributed by atoms with Gasteiger partial charge in [0, 0.05) is 19.1 Å². The van der Waals surface area contributed by atoms with Gasteiger partial charge in [-0.15, -0.1) is 12.4 Å². The lowest BCUT2D eigenvalue weighted by molar-refractivity contribution is -0.127. The van der Waals surface area contributed by atoms with E-state index in [0.29, 0.717) is 32.4 Å². The van der Waals surface area contributed by atoms with E-state index in [0.717, 1.165) is 6.42 Å². The molecule has 0 aromatic carbocycles. The Kier molecular flexibility index (Phi) is 9.05. The Balaban J connectivity index is 0.00000484. The normalized spacial score (nSPS) is 19.9. The number of nitrogens with zero attached hydrogens (tertiary/aromatic N) is 1. The molecule has 0 spiro atoms.